The molecule has 0 aromatic heterocycles. The molecule has 0 unspecified atom stereocenters. The molecule has 0 atom stereocenters. The third-order valence-electron chi connectivity index (χ3n) is 1.55. The molecule has 0 heterocycles. The maximum Gasteiger partial charge on any atom is 0.502 e. The Labute approximate surface area is 75.1 Å². The summed E-state index contributed by atoms with van der Waals surface area (Å²) in [6.07, 6.45) is 1.48. The van der Waals surface area contributed by atoms with Gasteiger partial charge in [0.15, 0.2) is 0 Å². The zero-order valence-electron chi connectivity index (χ0n) is 6.96. The highest BCUT2D eigenvalue weighted by atomic mass is 19.4. The number of allylic oxidation sites excluding steroid dienone is 1. The van der Waals surface area contributed by atoms with Crippen molar-refractivity contribution in [2.24, 2.45) is 0 Å². The smallest absolute Gasteiger partial charge is 0.445 e. The molecule has 4 heteroatoms. The van der Waals surface area contributed by atoms with Crippen molar-refractivity contribution in [3.05, 3.63) is 47.9 Å². The molecule has 0 saturated carbocycles. The molecule has 0 N–H and O–H groups in total. The summed E-state index contributed by atoms with van der Waals surface area (Å²) in [6.45, 7) is -4.78. The molecule has 70 valence electrons. The van der Waals surface area contributed by atoms with Gasteiger partial charge >= 0.3 is 6.98 Å². The molecule has 0 saturated heterocycles. The third-order valence-corrected chi connectivity index (χ3v) is 1.55. The zero-order chi connectivity index (χ0) is 9.73. The monoisotopic (exact) mass is 185 g/mol. The van der Waals surface area contributed by atoms with Gasteiger partial charge in [0.2, 0.25) is 0 Å². The lowest BCUT2D eigenvalue weighted by Crippen LogP contribution is -2.09. The number of halogens is 3. The maximum absolute atomic E-state index is 11.7. The van der Waals surface area contributed by atoms with Crippen LogP contribution >= 0.6 is 0 Å². The summed E-state index contributed by atoms with van der Waals surface area (Å²) >= 11 is 0. The van der Waals surface area contributed by atoms with Gasteiger partial charge in [0.1, 0.15) is 0 Å². The summed E-state index contributed by atoms with van der Waals surface area (Å²) in [6, 6.07) is 9.05. The predicted molar refractivity (Wildman–Crippen MR) is 48.4 cm³/mol. The van der Waals surface area contributed by atoms with Gasteiger partial charge in [-0.2, -0.15) is 0 Å². The van der Waals surface area contributed by atoms with Crippen LogP contribution in [0.1, 0.15) is 5.56 Å². The highest BCUT2D eigenvalue weighted by Crippen LogP contribution is 2.10. The second kappa shape index (κ2) is 4.17. The average Bonchev–Trinajstić information content (AvgIpc) is 2.04. The van der Waals surface area contributed by atoms with Gasteiger partial charge in [-0.3, -0.25) is 0 Å². The highest BCUT2D eigenvalue weighted by Gasteiger charge is 2.16. The minimum atomic E-state index is -4.78. The Balaban J connectivity index is 2.49. The molecule has 0 radical (unpaired) electrons. The largest absolute Gasteiger partial charge is 0.502 e. The standard InChI is InChI=1S/C9H9BF3/c11-10(12,13)8-4-7-9-5-2-1-3-6-9/h1-6,8H,7H2/q-1. The van der Waals surface area contributed by atoms with E-state index in [0.717, 1.165) is 11.6 Å². The van der Waals surface area contributed by atoms with E-state index in [2.05, 4.69) is 0 Å². The Morgan fingerprint density at radius 3 is 2.23 bits per heavy atom. The first-order valence-electron chi connectivity index (χ1n) is 3.99. The Morgan fingerprint density at radius 1 is 1.08 bits per heavy atom. The van der Waals surface area contributed by atoms with E-state index < -0.39 is 6.98 Å². The summed E-state index contributed by atoms with van der Waals surface area (Å²) in [5, 5.41) is 0. The molecule has 0 aliphatic rings. The van der Waals surface area contributed by atoms with E-state index in [9.17, 15) is 12.9 Å². The van der Waals surface area contributed by atoms with Crippen molar-refractivity contribution in [3.63, 3.8) is 0 Å². The van der Waals surface area contributed by atoms with Crippen molar-refractivity contribution in [2.45, 2.75) is 6.42 Å². The molecule has 0 fully saturated rings. The van der Waals surface area contributed by atoms with Crippen molar-refractivity contribution in [1.29, 1.82) is 0 Å². The summed E-state index contributed by atoms with van der Waals surface area (Å²) < 4.78 is 35.2. The van der Waals surface area contributed by atoms with E-state index in [1.54, 1.807) is 12.1 Å². The molecule has 0 nitrogen and oxygen atoms in total. The fourth-order valence-electron chi connectivity index (χ4n) is 0.973. The van der Waals surface area contributed by atoms with Gasteiger partial charge in [-0.05, 0) is 12.0 Å². The Morgan fingerprint density at radius 2 is 1.69 bits per heavy atom. The molecular weight excluding hydrogens is 176 g/mol. The van der Waals surface area contributed by atoms with Crippen LogP contribution in [0.4, 0.5) is 12.9 Å². The van der Waals surface area contributed by atoms with Crippen LogP contribution < -0.4 is 0 Å². The van der Waals surface area contributed by atoms with E-state index in [0.29, 0.717) is 12.4 Å². The fourth-order valence-corrected chi connectivity index (χ4v) is 0.973. The van der Waals surface area contributed by atoms with E-state index in [1.165, 1.54) is 0 Å². The minimum Gasteiger partial charge on any atom is -0.445 e. The van der Waals surface area contributed by atoms with Gasteiger partial charge in [0.05, 0.1) is 0 Å². The quantitative estimate of drug-likeness (QED) is 0.634. The minimum absolute atomic E-state index is 0.326. The second-order valence-corrected chi connectivity index (χ2v) is 2.74. The summed E-state index contributed by atoms with van der Waals surface area (Å²) in [7, 11) is 0. The summed E-state index contributed by atoms with van der Waals surface area (Å²) in [5.74, 6) is 0.326. The molecule has 13 heavy (non-hydrogen) atoms. The molecule has 1 aromatic carbocycles. The van der Waals surface area contributed by atoms with Crippen molar-refractivity contribution >= 4 is 6.98 Å². The third kappa shape index (κ3) is 4.40. The van der Waals surface area contributed by atoms with Crippen LogP contribution in [0.25, 0.3) is 0 Å². The van der Waals surface area contributed by atoms with Gasteiger partial charge in [-0.1, -0.05) is 30.3 Å². The first kappa shape index (κ1) is 9.90. The number of benzene rings is 1. The van der Waals surface area contributed by atoms with Crippen molar-refractivity contribution in [3.8, 4) is 0 Å². The van der Waals surface area contributed by atoms with Gasteiger partial charge in [0, 0.05) is 0 Å². The zero-order valence-corrected chi connectivity index (χ0v) is 6.96. The lowest BCUT2D eigenvalue weighted by Gasteiger charge is -2.05. The van der Waals surface area contributed by atoms with Gasteiger partial charge in [0.25, 0.3) is 0 Å². The molecule has 0 aliphatic heterocycles. The van der Waals surface area contributed by atoms with Crippen LogP contribution in [0, 0.1) is 0 Å². The van der Waals surface area contributed by atoms with Crippen molar-refractivity contribution in [2.75, 3.05) is 0 Å². The van der Waals surface area contributed by atoms with E-state index >= 15 is 0 Å². The first-order chi connectivity index (χ1) is 6.08. The maximum atomic E-state index is 11.7. The lowest BCUT2D eigenvalue weighted by molar-refractivity contribution is 0.498. The van der Waals surface area contributed by atoms with E-state index in [-0.39, 0.29) is 0 Å². The Hall–Kier alpha value is -1.19. The molecule has 1 rings (SSSR count). The number of rotatable bonds is 3. The number of hydrogen-bond donors (Lipinski definition) is 0. The molecular formula is C9H9BF3-. The SMILES string of the molecule is F[B-](F)(F)C=CCc1ccccc1. The van der Waals surface area contributed by atoms with Crippen molar-refractivity contribution in [1.82, 2.24) is 0 Å². The van der Waals surface area contributed by atoms with Crippen molar-refractivity contribution < 1.29 is 12.9 Å². The van der Waals surface area contributed by atoms with Crippen LogP contribution in [-0.4, -0.2) is 6.98 Å². The average molecular weight is 185 g/mol. The number of hydrogen-bond acceptors (Lipinski definition) is 0. The van der Waals surface area contributed by atoms with Crippen LogP contribution in [0.15, 0.2) is 42.4 Å². The normalized spacial score (nSPS) is 12.2. The molecule has 0 amide bonds. The summed E-state index contributed by atoms with van der Waals surface area (Å²) in [4.78, 5) is 0. The van der Waals surface area contributed by atoms with Gasteiger partial charge in [-0.15, -0.1) is 12.1 Å². The predicted octanol–water partition coefficient (Wildman–Crippen LogP) is 3.17. The van der Waals surface area contributed by atoms with Crippen LogP contribution in [0.5, 0.6) is 0 Å². The van der Waals surface area contributed by atoms with Crippen LogP contribution in [0.3, 0.4) is 0 Å². The lowest BCUT2D eigenvalue weighted by atomic mass is 9.91. The molecule has 1 aromatic rings. The second-order valence-electron chi connectivity index (χ2n) is 2.74. The van der Waals surface area contributed by atoms with E-state index in [1.807, 2.05) is 18.2 Å². The fraction of sp³-hybridized carbons (Fsp3) is 0.111. The topological polar surface area (TPSA) is 0 Å². The molecule has 0 bridgehead atoms. The molecule has 0 aliphatic carbocycles. The van der Waals surface area contributed by atoms with Crippen LogP contribution in [-0.2, 0) is 6.42 Å². The highest BCUT2D eigenvalue weighted by molar-refractivity contribution is 6.64. The summed E-state index contributed by atoms with van der Waals surface area (Å²) in [5.41, 5.74) is 0.888. The Kier molecular flexibility index (Phi) is 3.17. The van der Waals surface area contributed by atoms with Gasteiger partial charge in [-0.25, -0.2) is 0 Å². The Bertz CT molecular complexity index is 277. The van der Waals surface area contributed by atoms with Crippen LogP contribution in [0.2, 0.25) is 0 Å². The van der Waals surface area contributed by atoms with Gasteiger partial charge < -0.3 is 12.9 Å². The molecule has 0 spiro atoms. The first-order valence-corrected chi connectivity index (χ1v) is 3.99. The van der Waals surface area contributed by atoms with E-state index in [4.69, 9.17) is 0 Å².